The van der Waals surface area contributed by atoms with Crippen LogP contribution in [0, 0.1) is 17.1 Å². The van der Waals surface area contributed by atoms with E-state index < -0.39 is 17.8 Å². The smallest absolute Gasteiger partial charge is 0.319 e. The average molecular weight is 605 g/mol. The number of amides is 1. The van der Waals surface area contributed by atoms with Crippen LogP contribution in [0.3, 0.4) is 0 Å². The molecular formula is C32H34F2N6O2S. The van der Waals surface area contributed by atoms with Crippen molar-refractivity contribution in [2.75, 3.05) is 50.5 Å². The molecule has 2 saturated heterocycles. The van der Waals surface area contributed by atoms with Crippen molar-refractivity contribution in [1.29, 1.82) is 5.26 Å². The van der Waals surface area contributed by atoms with Crippen LogP contribution in [0.1, 0.15) is 31.2 Å². The molecular weight excluding hydrogens is 570 g/mol. The zero-order valence-electron chi connectivity index (χ0n) is 24.2. The molecule has 6 rings (SSSR count). The summed E-state index contributed by atoms with van der Waals surface area (Å²) in [5.74, 6) is -0.462. The van der Waals surface area contributed by atoms with Gasteiger partial charge in [-0.2, -0.15) is 15.2 Å². The van der Waals surface area contributed by atoms with Gasteiger partial charge in [0, 0.05) is 36.0 Å². The third-order valence-electron chi connectivity index (χ3n) is 8.68. The fourth-order valence-electron chi connectivity index (χ4n) is 6.37. The number of carbonyl (C=O) groups excluding carboxylic acids is 1. The van der Waals surface area contributed by atoms with Gasteiger partial charge in [0.05, 0.1) is 24.0 Å². The van der Waals surface area contributed by atoms with Crippen LogP contribution in [-0.4, -0.2) is 83.3 Å². The Bertz CT molecular complexity index is 1610. The largest absolute Gasteiger partial charge is 0.462 e. The van der Waals surface area contributed by atoms with Crippen molar-refractivity contribution < 1.29 is 18.3 Å². The van der Waals surface area contributed by atoms with Gasteiger partial charge >= 0.3 is 6.01 Å². The number of aromatic nitrogens is 2. The molecule has 4 heterocycles. The Labute approximate surface area is 254 Å². The number of benzene rings is 2. The van der Waals surface area contributed by atoms with Crippen LogP contribution in [0.5, 0.6) is 6.01 Å². The maximum atomic E-state index is 14.6. The predicted molar refractivity (Wildman–Crippen MR) is 163 cm³/mol. The quantitative estimate of drug-likeness (QED) is 0.333. The summed E-state index contributed by atoms with van der Waals surface area (Å²) in [5, 5.41) is 10.3. The van der Waals surface area contributed by atoms with Gasteiger partial charge in [-0.15, -0.1) is 11.8 Å². The molecule has 1 amide bonds. The molecule has 8 nitrogen and oxygen atoms in total. The lowest BCUT2D eigenvalue weighted by Crippen LogP contribution is -2.55. The molecule has 3 aliphatic rings. The first-order valence-corrected chi connectivity index (χ1v) is 15.7. The lowest BCUT2D eigenvalue weighted by Gasteiger charge is -2.41. The minimum Gasteiger partial charge on any atom is -0.462 e. The number of anilines is 1. The Morgan fingerprint density at radius 1 is 1.19 bits per heavy atom. The van der Waals surface area contributed by atoms with Gasteiger partial charge in [0.25, 0.3) is 5.91 Å². The van der Waals surface area contributed by atoms with E-state index >= 15 is 0 Å². The number of piperazine rings is 1. The number of likely N-dealkylation sites (tertiary alicyclic amines) is 1. The van der Waals surface area contributed by atoms with Gasteiger partial charge in [-0.1, -0.05) is 18.7 Å². The summed E-state index contributed by atoms with van der Waals surface area (Å²) in [7, 11) is 2.09. The number of halogens is 2. The highest BCUT2D eigenvalue weighted by Gasteiger charge is 2.33. The van der Waals surface area contributed by atoms with Crippen LogP contribution < -0.4 is 9.64 Å². The SMILES string of the molecule is C=C(F)C(=O)N1CCN(c2nc(OC[C@@H]3CCCN3C)nc3cc(-c4ccc(F)c5c4CCCS5)ccc23)C[C@@H]1CC#N. The van der Waals surface area contributed by atoms with Gasteiger partial charge in [0.2, 0.25) is 0 Å². The number of nitrogens with zero attached hydrogens (tertiary/aromatic N) is 6. The van der Waals surface area contributed by atoms with Crippen LogP contribution in [0.2, 0.25) is 0 Å². The van der Waals surface area contributed by atoms with Crippen LogP contribution in [-0.2, 0) is 11.2 Å². The van der Waals surface area contributed by atoms with E-state index in [-0.39, 0.29) is 30.8 Å². The van der Waals surface area contributed by atoms with Crippen LogP contribution in [0.15, 0.2) is 47.6 Å². The van der Waals surface area contributed by atoms with Crippen molar-refractivity contribution in [3.8, 4) is 23.2 Å². The molecule has 2 aromatic carbocycles. The van der Waals surface area contributed by atoms with Crippen LogP contribution >= 0.6 is 11.8 Å². The zero-order chi connectivity index (χ0) is 30.1. The van der Waals surface area contributed by atoms with Crippen molar-refractivity contribution in [3.63, 3.8) is 0 Å². The van der Waals surface area contributed by atoms with Crippen molar-refractivity contribution in [1.82, 2.24) is 19.8 Å². The molecule has 224 valence electrons. The molecule has 43 heavy (non-hydrogen) atoms. The first-order chi connectivity index (χ1) is 20.8. The van der Waals surface area contributed by atoms with Gasteiger partial charge in [0.1, 0.15) is 18.2 Å². The molecule has 2 atom stereocenters. The molecule has 0 saturated carbocycles. The average Bonchev–Trinajstić information content (AvgIpc) is 3.43. The first kappa shape index (κ1) is 29.3. The molecule has 2 fully saturated rings. The molecule has 0 spiro atoms. The molecule has 3 aromatic rings. The number of likely N-dealkylation sites (N-methyl/N-ethyl adjacent to an activating group) is 1. The van der Waals surface area contributed by atoms with Crippen molar-refractivity contribution in [2.45, 2.75) is 49.1 Å². The Morgan fingerprint density at radius 3 is 2.81 bits per heavy atom. The number of fused-ring (bicyclic) bond motifs is 2. The standard InChI is InChI=1S/C32H34F2N6O2S/c1-20(33)31(41)40-15-14-39(18-22(40)11-12-35)30-26-8-7-21(24-9-10-27(34)29-25(24)6-4-16-43-29)17-28(26)36-32(37-30)42-19-23-5-3-13-38(23)2/h7-10,17,22-23H,1,3-6,11,13-16,18-19H2,2H3/t22-,23-/m0/s1. The molecule has 3 aliphatic heterocycles. The van der Waals surface area contributed by atoms with Gasteiger partial charge in [0.15, 0.2) is 5.83 Å². The number of nitriles is 1. The number of hydrogen-bond acceptors (Lipinski definition) is 8. The number of thioether (sulfide) groups is 1. The number of rotatable bonds is 7. The minimum atomic E-state index is -1.04. The Morgan fingerprint density at radius 2 is 2.05 bits per heavy atom. The topological polar surface area (TPSA) is 85.6 Å². The summed E-state index contributed by atoms with van der Waals surface area (Å²) in [6.07, 6.45) is 4.02. The summed E-state index contributed by atoms with van der Waals surface area (Å²) >= 11 is 1.57. The number of hydrogen-bond donors (Lipinski definition) is 0. The van der Waals surface area contributed by atoms with Gasteiger partial charge in [-0.3, -0.25) is 4.79 Å². The Hall–Kier alpha value is -3.75. The first-order valence-electron chi connectivity index (χ1n) is 14.7. The highest BCUT2D eigenvalue weighted by atomic mass is 32.2. The van der Waals surface area contributed by atoms with E-state index in [1.54, 1.807) is 11.8 Å². The van der Waals surface area contributed by atoms with Gasteiger partial charge in [-0.25, -0.2) is 8.78 Å². The van der Waals surface area contributed by atoms with Crippen molar-refractivity contribution in [2.24, 2.45) is 0 Å². The van der Waals surface area contributed by atoms with Gasteiger partial charge < -0.3 is 19.4 Å². The number of carbonyl (C=O) groups is 1. The monoisotopic (exact) mass is 604 g/mol. The van der Waals surface area contributed by atoms with Crippen LogP contribution in [0.25, 0.3) is 22.0 Å². The lowest BCUT2D eigenvalue weighted by molar-refractivity contribution is -0.131. The van der Waals surface area contributed by atoms with E-state index in [9.17, 15) is 18.8 Å². The second-order valence-corrected chi connectivity index (χ2v) is 12.5. The minimum absolute atomic E-state index is 0.0494. The van der Waals surface area contributed by atoms with E-state index in [1.807, 2.05) is 29.2 Å². The Balaban J connectivity index is 1.39. The fraction of sp³-hybridized carbons (Fsp3) is 0.438. The summed E-state index contributed by atoms with van der Waals surface area (Å²) in [5.41, 5.74) is 3.65. The van der Waals surface area contributed by atoms with E-state index in [0.717, 1.165) is 65.0 Å². The molecule has 0 bridgehead atoms. The summed E-state index contributed by atoms with van der Waals surface area (Å²) in [6.45, 7) is 5.56. The molecule has 0 unspecified atom stereocenters. The normalized spacial score (nSPS) is 20.6. The fourth-order valence-corrected chi connectivity index (χ4v) is 7.46. The van der Waals surface area contributed by atoms with E-state index in [0.29, 0.717) is 31.0 Å². The molecule has 11 heteroatoms. The van der Waals surface area contributed by atoms with E-state index in [4.69, 9.17) is 14.7 Å². The predicted octanol–water partition coefficient (Wildman–Crippen LogP) is 5.36. The highest BCUT2D eigenvalue weighted by Crippen LogP contribution is 2.40. The third-order valence-corrected chi connectivity index (χ3v) is 9.90. The maximum absolute atomic E-state index is 14.6. The van der Waals surface area contributed by atoms with Gasteiger partial charge in [-0.05, 0) is 79.9 Å². The zero-order valence-corrected chi connectivity index (χ0v) is 25.0. The molecule has 0 radical (unpaired) electrons. The van der Waals surface area contributed by atoms with Crippen molar-refractivity contribution in [3.05, 3.63) is 54.1 Å². The summed E-state index contributed by atoms with van der Waals surface area (Å²) < 4.78 is 34.6. The molecule has 0 N–H and O–H groups in total. The third kappa shape index (κ3) is 5.91. The highest BCUT2D eigenvalue weighted by molar-refractivity contribution is 7.99. The lowest BCUT2D eigenvalue weighted by atomic mass is 9.95. The van der Waals surface area contributed by atoms with E-state index in [1.165, 1.54) is 11.0 Å². The molecule has 1 aromatic heterocycles. The second kappa shape index (κ2) is 12.5. The summed E-state index contributed by atoms with van der Waals surface area (Å²) in [6, 6.07) is 11.5. The van der Waals surface area contributed by atoms with Crippen LogP contribution in [0.4, 0.5) is 14.6 Å². The maximum Gasteiger partial charge on any atom is 0.319 e. The Kier molecular flexibility index (Phi) is 8.50. The van der Waals surface area contributed by atoms with Crippen molar-refractivity contribution >= 4 is 34.4 Å². The van der Waals surface area contributed by atoms with E-state index in [2.05, 4.69) is 24.6 Å². The number of ether oxygens (including phenoxy) is 1. The summed E-state index contributed by atoms with van der Waals surface area (Å²) in [4.78, 5) is 28.5. The second-order valence-electron chi connectivity index (χ2n) is 11.4. The molecule has 0 aliphatic carbocycles.